The minimum atomic E-state index is 0.987. The van der Waals surface area contributed by atoms with E-state index in [1.54, 1.807) is 0 Å². The third-order valence-corrected chi connectivity index (χ3v) is 2.68. The standard InChI is InChI=1S/C9H16/c1-4-5-6-9-7(2)8(9)3/h4-5,7-9H,6H2,1-3H3. The van der Waals surface area contributed by atoms with Gasteiger partial charge < -0.3 is 0 Å². The molecule has 0 aromatic heterocycles. The Hall–Kier alpha value is -0.260. The molecule has 9 heavy (non-hydrogen) atoms. The van der Waals surface area contributed by atoms with Crippen LogP contribution in [0.1, 0.15) is 27.2 Å². The molecular weight excluding hydrogens is 108 g/mol. The second-order valence-corrected chi connectivity index (χ2v) is 3.19. The molecule has 2 atom stereocenters. The van der Waals surface area contributed by atoms with Gasteiger partial charge in [0.05, 0.1) is 0 Å². The molecule has 0 bridgehead atoms. The monoisotopic (exact) mass is 124 g/mol. The summed E-state index contributed by atoms with van der Waals surface area (Å²) in [6, 6.07) is 0. The zero-order valence-corrected chi connectivity index (χ0v) is 6.59. The summed E-state index contributed by atoms with van der Waals surface area (Å²) in [6.07, 6.45) is 5.74. The van der Waals surface area contributed by atoms with E-state index in [0.29, 0.717) is 0 Å². The summed E-state index contributed by atoms with van der Waals surface area (Å²) in [4.78, 5) is 0. The Kier molecular flexibility index (Phi) is 1.94. The molecule has 2 unspecified atom stereocenters. The Labute approximate surface area is 58.0 Å². The smallest absolute Gasteiger partial charge is 0.0317 e. The molecule has 0 nitrogen and oxygen atoms in total. The Morgan fingerprint density at radius 3 is 2.11 bits per heavy atom. The van der Waals surface area contributed by atoms with Gasteiger partial charge in [0.1, 0.15) is 0 Å². The molecular formula is C9H16. The third-order valence-electron chi connectivity index (χ3n) is 2.68. The second-order valence-electron chi connectivity index (χ2n) is 3.19. The van der Waals surface area contributed by atoms with Gasteiger partial charge in [-0.2, -0.15) is 0 Å². The van der Waals surface area contributed by atoms with Gasteiger partial charge in [-0.15, -0.1) is 0 Å². The van der Waals surface area contributed by atoms with E-state index in [2.05, 4.69) is 32.9 Å². The second kappa shape index (κ2) is 2.55. The van der Waals surface area contributed by atoms with E-state index >= 15 is 0 Å². The third kappa shape index (κ3) is 1.35. The molecule has 1 aliphatic carbocycles. The van der Waals surface area contributed by atoms with Crippen LogP contribution in [0.25, 0.3) is 0 Å². The Balaban J connectivity index is 2.17. The zero-order chi connectivity index (χ0) is 6.85. The fourth-order valence-electron chi connectivity index (χ4n) is 1.49. The summed E-state index contributed by atoms with van der Waals surface area (Å²) in [7, 11) is 0. The highest BCUT2D eigenvalue weighted by Crippen LogP contribution is 2.47. The number of allylic oxidation sites excluding steroid dienone is 2. The van der Waals surface area contributed by atoms with Crippen molar-refractivity contribution in [2.75, 3.05) is 0 Å². The predicted octanol–water partition coefficient (Wildman–Crippen LogP) is 2.85. The molecule has 1 saturated carbocycles. The van der Waals surface area contributed by atoms with Crippen molar-refractivity contribution < 1.29 is 0 Å². The predicted molar refractivity (Wildman–Crippen MR) is 41.2 cm³/mol. The maximum Gasteiger partial charge on any atom is -0.0317 e. The van der Waals surface area contributed by atoms with Crippen molar-refractivity contribution in [2.24, 2.45) is 17.8 Å². The van der Waals surface area contributed by atoms with Gasteiger partial charge in [0.25, 0.3) is 0 Å². The normalized spacial score (nSPS) is 41.9. The lowest BCUT2D eigenvalue weighted by Crippen LogP contribution is -1.73. The fourth-order valence-corrected chi connectivity index (χ4v) is 1.49. The highest BCUT2D eigenvalue weighted by atomic mass is 14.5. The van der Waals surface area contributed by atoms with E-state index in [9.17, 15) is 0 Å². The molecule has 1 aliphatic rings. The van der Waals surface area contributed by atoms with Crippen molar-refractivity contribution in [3.05, 3.63) is 12.2 Å². The van der Waals surface area contributed by atoms with Crippen molar-refractivity contribution in [2.45, 2.75) is 27.2 Å². The van der Waals surface area contributed by atoms with Gasteiger partial charge in [-0.25, -0.2) is 0 Å². The Morgan fingerprint density at radius 2 is 1.78 bits per heavy atom. The summed E-state index contributed by atoms with van der Waals surface area (Å²) in [5.41, 5.74) is 0. The maximum atomic E-state index is 2.35. The van der Waals surface area contributed by atoms with Crippen LogP contribution in [0.3, 0.4) is 0 Å². The van der Waals surface area contributed by atoms with Gasteiger partial charge in [0.15, 0.2) is 0 Å². The number of hydrogen-bond donors (Lipinski definition) is 0. The minimum absolute atomic E-state index is 0.987. The highest BCUT2D eigenvalue weighted by Gasteiger charge is 2.41. The average Bonchev–Trinajstić information content (AvgIpc) is 2.39. The van der Waals surface area contributed by atoms with Crippen molar-refractivity contribution in [3.8, 4) is 0 Å². The first-order valence-corrected chi connectivity index (χ1v) is 3.88. The number of rotatable bonds is 2. The first-order valence-electron chi connectivity index (χ1n) is 3.88. The number of hydrogen-bond acceptors (Lipinski definition) is 0. The van der Waals surface area contributed by atoms with Crippen LogP contribution < -0.4 is 0 Å². The largest absolute Gasteiger partial charge is 0.0917 e. The summed E-state index contributed by atoms with van der Waals surface area (Å²) in [5.74, 6) is 2.98. The Morgan fingerprint density at radius 1 is 1.22 bits per heavy atom. The van der Waals surface area contributed by atoms with Gasteiger partial charge in [-0.3, -0.25) is 0 Å². The van der Waals surface area contributed by atoms with Crippen molar-refractivity contribution in [1.82, 2.24) is 0 Å². The van der Waals surface area contributed by atoms with Crippen LogP contribution in [-0.4, -0.2) is 0 Å². The summed E-state index contributed by atoms with van der Waals surface area (Å²) < 4.78 is 0. The lowest BCUT2D eigenvalue weighted by atomic mass is 10.2. The summed E-state index contributed by atoms with van der Waals surface area (Å²) >= 11 is 0. The van der Waals surface area contributed by atoms with E-state index < -0.39 is 0 Å². The molecule has 0 heteroatoms. The molecule has 1 fully saturated rings. The molecule has 0 N–H and O–H groups in total. The van der Waals surface area contributed by atoms with Crippen LogP contribution in [0, 0.1) is 17.8 Å². The molecule has 0 aromatic carbocycles. The van der Waals surface area contributed by atoms with E-state index in [0.717, 1.165) is 17.8 Å². The average molecular weight is 124 g/mol. The van der Waals surface area contributed by atoms with E-state index in [1.807, 2.05) is 0 Å². The van der Waals surface area contributed by atoms with E-state index in [4.69, 9.17) is 0 Å². The lowest BCUT2D eigenvalue weighted by Gasteiger charge is -1.85. The highest BCUT2D eigenvalue weighted by molar-refractivity contribution is 4.96. The lowest BCUT2D eigenvalue weighted by molar-refractivity contribution is 0.751. The quantitative estimate of drug-likeness (QED) is 0.496. The van der Waals surface area contributed by atoms with E-state index in [1.165, 1.54) is 6.42 Å². The Bertz CT molecular complexity index is 105. The first-order chi connectivity index (χ1) is 4.27. The molecule has 0 spiro atoms. The van der Waals surface area contributed by atoms with Crippen LogP contribution in [-0.2, 0) is 0 Å². The minimum Gasteiger partial charge on any atom is -0.0917 e. The summed E-state index contributed by atoms with van der Waals surface area (Å²) in [5, 5.41) is 0. The molecule has 0 amide bonds. The van der Waals surface area contributed by atoms with E-state index in [-0.39, 0.29) is 0 Å². The van der Waals surface area contributed by atoms with Crippen LogP contribution in [0.4, 0.5) is 0 Å². The molecule has 0 saturated heterocycles. The molecule has 0 aromatic rings. The van der Waals surface area contributed by atoms with Gasteiger partial charge in [0.2, 0.25) is 0 Å². The molecule has 0 aliphatic heterocycles. The van der Waals surface area contributed by atoms with Crippen LogP contribution in [0.5, 0.6) is 0 Å². The molecule has 52 valence electrons. The summed E-state index contributed by atoms with van der Waals surface area (Å²) in [6.45, 7) is 6.79. The van der Waals surface area contributed by atoms with Crippen molar-refractivity contribution in [1.29, 1.82) is 0 Å². The SMILES string of the molecule is CC=CCC1C(C)C1C. The van der Waals surface area contributed by atoms with Crippen molar-refractivity contribution in [3.63, 3.8) is 0 Å². The van der Waals surface area contributed by atoms with Crippen LogP contribution in [0.2, 0.25) is 0 Å². The topological polar surface area (TPSA) is 0 Å². The maximum absolute atomic E-state index is 2.35. The molecule has 1 rings (SSSR count). The van der Waals surface area contributed by atoms with Gasteiger partial charge >= 0.3 is 0 Å². The first kappa shape index (κ1) is 6.85. The molecule has 0 heterocycles. The van der Waals surface area contributed by atoms with Crippen LogP contribution in [0.15, 0.2) is 12.2 Å². The molecule has 0 radical (unpaired) electrons. The zero-order valence-electron chi connectivity index (χ0n) is 6.59. The van der Waals surface area contributed by atoms with Crippen molar-refractivity contribution >= 4 is 0 Å². The van der Waals surface area contributed by atoms with Gasteiger partial charge in [-0.1, -0.05) is 26.0 Å². The van der Waals surface area contributed by atoms with Crippen LogP contribution >= 0.6 is 0 Å². The fraction of sp³-hybridized carbons (Fsp3) is 0.778. The van der Waals surface area contributed by atoms with Gasteiger partial charge in [-0.05, 0) is 31.1 Å². The van der Waals surface area contributed by atoms with Gasteiger partial charge in [0, 0.05) is 0 Å².